The Kier molecular flexibility index (Phi) is 4.96. The number of amides is 1. The molecule has 2 saturated heterocycles. The molecule has 0 bridgehead atoms. The molecule has 2 aliphatic heterocycles. The van der Waals surface area contributed by atoms with Gasteiger partial charge in [-0.15, -0.1) is 0 Å². The molecule has 0 aromatic heterocycles. The van der Waals surface area contributed by atoms with Gasteiger partial charge in [0.25, 0.3) is 0 Å². The SMILES string of the molecule is CC[C@H](C(=O)N1CCC2(CC1)OCC(C)(C)CO2)N(C)C. The second kappa shape index (κ2) is 6.23. The first kappa shape index (κ1) is 16.7. The van der Waals surface area contributed by atoms with Crippen molar-refractivity contribution in [3.05, 3.63) is 0 Å². The molecule has 122 valence electrons. The summed E-state index contributed by atoms with van der Waals surface area (Å²) in [6.45, 7) is 9.28. The van der Waals surface area contributed by atoms with Crippen LogP contribution in [0.5, 0.6) is 0 Å². The number of ether oxygens (including phenoxy) is 2. The van der Waals surface area contributed by atoms with E-state index in [-0.39, 0.29) is 17.4 Å². The maximum absolute atomic E-state index is 12.5. The standard InChI is InChI=1S/C16H30N2O3/c1-6-13(17(4)5)14(19)18-9-7-16(8-10-18)20-11-15(2,3)12-21-16/h13H,6-12H2,1-5H3/t13-/m1/s1. The van der Waals surface area contributed by atoms with Gasteiger partial charge in [-0.3, -0.25) is 9.69 Å². The quantitative estimate of drug-likeness (QED) is 0.795. The normalized spacial score (nSPS) is 26.1. The van der Waals surface area contributed by atoms with Crippen LogP contribution >= 0.6 is 0 Å². The Morgan fingerprint density at radius 1 is 1.19 bits per heavy atom. The molecule has 1 amide bonds. The predicted octanol–water partition coefficient (Wildman–Crippen LogP) is 1.72. The molecule has 0 aromatic carbocycles. The van der Waals surface area contributed by atoms with Crippen molar-refractivity contribution < 1.29 is 14.3 Å². The van der Waals surface area contributed by atoms with Crippen LogP contribution in [0.4, 0.5) is 0 Å². The van der Waals surface area contributed by atoms with Gasteiger partial charge in [0.05, 0.1) is 19.3 Å². The summed E-state index contributed by atoms with van der Waals surface area (Å²) >= 11 is 0. The Morgan fingerprint density at radius 2 is 1.71 bits per heavy atom. The topological polar surface area (TPSA) is 42.0 Å². The number of hydrogen-bond donors (Lipinski definition) is 0. The molecule has 0 unspecified atom stereocenters. The zero-order valence-electron chi connectivity index (χ0n) is 14.1. The summed E-state index contributed by atoms with van der Waals surface area (Å²) < 4.78 is 12.0. The number of likely N-dealkylation sites (N-methyl/N-ethyl adjacent to an activating group) is 1. The second-order valence-electron chi connectivity index (χ2n) is 7.37. The van der Waals surface area contributed by atoms with E-state index in [1.807, 2.05) is 23.9 Å². The van der Waals surface area contributed by atoms with Crippen molar-refractivity contribution in [2.75, 3.05) is 40.4 Å². The third-order valence-electron chi connectivity index (χ3n) is 4.58. The van der Waals surface area contributed by atoms with Crippen LogP contribution in [-0.2, 0) is 14.3 Å². The summed E-state index contributed by atoms with van der Waals surface area (Å²) in [5.41, 5.74) is 0.0937. The number of carbonyl (C=O) groups excluding carboxylic acids is 1. The Labute approximate surface area is 128 Å². The lowest BCUT2D eigenvalue weighted by Gasteiger charge is -2.47. The molecule has 0 aliphatic carbocycles. The summed E-state index contributed by atoms with van der Waals surface area (Å²) in [4.78, 5) is 16.5. The van der Waals surface area contributed by atoms with E-state index in [4.69, 9.17) is 9.47 Å². The van der Waals surface area contributed by atoms with Crippen LogP contribution in [0.2, 0.25) is 0 Å². The molecule has 2 aliphatic rings. The van der Waals surface area contributed by atoms with E-state index < -0.39 is 5.79 Å². The van der Waals surface area contributed by atoms with E-state index in [0.29, 0.717) is 0 Å². The summed E-state index contributed by atoms with van der Waals surface area (Å²) in [6.07, 6.45) is 2.39. The fourth-order valence-electron chi connectivity index (χ4n) is 3.06. The first-order valence-electron chi connectivity index (χ1n) is 8.02. The van der Waals surface area contributed by atoms with Crippen molar-refractivity contribution in [2.24, 2.45) is 5.41 Å². The smallest absolute Gasteiger partial charge is 0.239 e. The lowest BCUT2D eigenvalue weighted by atomic mass is 9.92. The van der Waals surface area contributed by atoms with Gasteiger partial charge >= 0.3 is 0 Å². The van der Waals surface area contributed by atoms with Crippen LogP contribution < -0.4 is 0 Å². The van der Waals surface area contributed by atoms with Gasteiger partial charge in [0.15, 0.2) is 5.79 Å². The van der Waals surface area contributed by atoms with Crippen molar-refractivity contribution in [3.8, 4) is 0 Å². The van der Waals surface area contributed by atoms with E-state index in [1.54, 1.807) is 0 Å². The Morgan fingerprint density at radius 3 is 2.14 bits per heavy atom. The van der Waals surface area contributed by atoms with Crippen LogP contribution in [0.3, 0.4) is 0 Å². The van der Waals surface area contributed by atoms with Crippen LogP contribution in [-0.4, -0.2) is 67.9 Å². The monoisotopic (exact) mass is 298 g/mol. The van der Waals surface area contributed by atoms with Gasteiger partial charge in [0.1, 0.15) is 0 Å². The highest BCUT2D eigenvalue weighted by Crippen LogP contribution is 2.36. The zero-order valence-corrected chi connectivity index (χ0v) is 14.1. The number of hydrogen-bond acceptors (Lipinski definition) is 4. The van der Waals surface area contributed by atoms with Crippen molar-refractivity contribution in [3.63, 3.8) is 0 Å². The highest BCUT2D eigenvalue weighted by molar-refractivity contribution is 5.81. The first-order chi connectivity index (χ1) is 9.79. The predicted molar refractivity (Wildman–Crippen MR) is 82.0 cm³/mol. The van der Waals surface area contributed by atoms with Gasteiger partial charge in [-0.25, -0.2) is 0 Å². The average Bonchev–Trinajstić information content (AvgIpc) is 2.44. The maximum atomic E-state index is 12.5. The lowest BCUT2D eigenvalue weighted by Crippen LogP contribution is -2.56. The van der Waals surface area contributed by atoms with Crippen LogP contribution in [0.1, 0.15) is 40.0 Å². The van der Waals surface area contributed by atoms with Crippen molar-refractivity contribution in [1.29, 1.82) is 0 Å². The highest BCUT2D eigenvalue weighted by atomic mass is 16.7. The van der Waals surface area contributed by atoms with Crippen LogP contribution in [0.25, 0.3) is 0 Å². The largest absolute Gasteiger partial charge is 0.349 e. The molecule has 1 spiro atoms. The fourth-order valence-corrected chi connectivity index (χ4v) is 3.06. The Bertz CT molecular complexity index is 362. The minimum absolute atomic E-state index is 0.0221. The zero-order chi connectivity index (χ0) is 15.7. The van der Waals surface area contributed by atoms with Gasteiger partial charge in [0, 0.05) is 31.3 Å². The first-order valence-corrected chi connectivity index (χ1v) is 8.02. The van der Waals surface area contributed by atoms with Gasteiger partial charge < -0.3 is 14.4 Å². The third-order valence-corrected chi connectivity index (χ3v) is 4.58. The maximum Gasteiger partial charge on any atom is 0.239 e. The summed E-state index contributed by atoms with van der Waals surface area (Å²) in [5, 5.41) is 0. The average molecular weight is 298 g/mol. The van der Waals surface area contributed by atoms with Crippen molar-refractivity contribution >= 4 is 5.91 Å². The molecule has 0 saturated carbocycles. The third kappa shape index (κ3) is 3.76. The molecule has 2 rings (SSSR count). The number of nitrogens with zero attached hydrogens (tertiary/aromatic N) is 2. The molecule has 5 nitrogen and oxygen atoms in total. The van der Waals surface area contributed by atoms with Gasteiger partial charge in [-0.2, -0.15) is 0 Å². The number of carbonyl (C=O) groups is 1. The molecule has 21 heavy (non-hydrogen) atoms. The summed E-state index contributed by atoms with van der Waals surface area (Å²) in [6, 6.07) is -0.0221. The minimum atomic E-state index is -0.452. The van der Waals surface area contributed by atoms with Crippen molar-refractivity contribution in [1.82, 2.24) is 9.80 Å². The molecule has 2 fully saturated rings. The molecule has 5 heteroatoms. The molecule has 1 atom stereocenters. The summed E-state index contributed by atoms with van der Waals surface area (Å²) in [5.74, 6) is -0.222. The second-order valence-corrected chi connectivity index (χ2v) is 7.37. The van der Waals surface area contributed by atoms with Gasteiger partial charge in [-0.1, -0.05) is 20.8 Å². The molecule has 0 N–H and O–H groups in total. The highest BCUT2D eigenvalue weighted by Gasteiger charge is 2.44. The van der Waals surface area contributed by atoms with Crippen LogP contribution in [0.15, 0.2) is 0 Å². The number of rotatable bonds is 3. The minimum Gasteiger partial charge on any atom is -0.349 e. The summed E-state index contributed by atoms with van der Waals surface area (Å²) in [7, 11) is 3.93. The lowest BCUT2D eigenvalue weighted by molar-refractivity contribution is -0.312. The van der Waals surface area contributed by atoms with E-state index in [0.717, 1.165) is 45.6 Å². The van der Waals surface area contributed by atoms with Crippen molar-refractivity contribution in [2.45, 2.75) is 51.9 Å². The number of piperidine rings is 1. The van der Waals surface area contributed by atoms with Gasteiger partial charge in [0.2, 0.25) is 5.91 Å². The van der Waals surface area contributed by atoms with Gasteiger partial charge in [-0.05, 0) is 20.5 Å². The molecule has 2 heterocycles. The van der Waals surface area contributed by atoms with E-state index in [9.17, 15) is 4.79 Å². The molecular weight excluding hydrogens is 268 g/mol. The Hall–Kier alpha value is -0.650. The van der Waals surface area contributed by atoms with E-state index >= 15 is 0 Å². The van der Waals surface area contributed by atoms with Crippen LogP contribution in [0, 0.1) is 5.41 Å². The fraction of sp³-hybridized carbons (Fsp3) is 0.938. The van der Waals surface area contributed by atoms with E-state index in [1.165, 1.54) is 0 Å². The molecular formula is C16H30N2O3. The van der Waals surface area contributed by atoms with E-state index in [2.05, 4.69) is 20.8 Å². The molecule has 0 aromatic rings. The molecule has 0 radical (unpaired) electrons. The number of likely N-dealkylation sites (tertiary alicyclic amines) is 1. The Balaban J connectivity index is 1.90.